The Morgan fingerprint density at radius 2 is 2.42 bits per heavy atom. The van der Waals surface area contributed by atoms with E-state index in [1.54, 1.807) is 27.7 Å². The Morgan fingerprint density at radius 3 is 3.00 bits per heavy atom. The zero-order chi connectivity index (χ0) is 13.4. The summed E-state index contributed by atoms with van der Waals surface area (Å²) in [5.74, 6) is 0. The van der Waals surface area contributed by atoms with Crippen LogP contribution in [0.3, 0.4) is 0 Å². The molecule has 1 aliphatic carbocycles. The molecule has 0 amide bonds. The highest BCUT2D eigenvalue weighted by Gasteiger charge is 2.29. The Morgan fingerprint density at radius 1 is 1.63 bits per heavy atom. The Hall–Kier alpha value is -0.570. The average Bonchev–Trinajstić information content (AvgIpc) is 3.03. The van der Waals surface area contributed by atoms with Crippen LogP contribution in [0.4, 0.5) is 0 Å². The molecular formula is C11H13BrN4OS2. The summed E-state index contributed by atoms with van der Waals surface area (Å²) in [6, 6.07) is 4.40. The second-order valence-corrected chi connectivity index (χ2v) is 8.06. The summed E-state index contributed by atoms with van der Waals surface area (Å²) < 4.78 is 2.85. The van der Waals surface area contributed by atoms with Crippen LogP contribution in [-0.4, -0.2) is 21.3 Å². The smallest absolute Gasteiger partial charge is 0.329 e. The molecule has 1 atom stereocenters. The lowest BCUT2D eigenvalue weighted by atomic mass is 10.3. The lowest BCUT2D eigenvalue weighted by Gasteiger charge is -2.12. The van der Waals surface area contributed by atoms with Gasteiger partial charge in [-0.25, -0.2) is 9.89 Å². The highest BCUT2D eigenvalue weighted by molar-refractivity contribution is 9.11. The van der Waals surface area contributed by atoms with E-state index < -0.39 is 0 Å². The van der Waals surface area contributed by atoms with E-state index in [-0.39, 0.29) is 10.9 Å². The van der Waals surface area contributed by atoms with Crippen molar-refractivity contribution in [1.82, 2.24) is 14.8 Å². The number of thioether (sulfide) groups is 1. The maximum absolute atomic E-state index is 11.7. The van der Waals surface area contributed by atoms with Crippen molar-refractivity contribution in [3.05, 3.63) is 31.3 Å². The van der Waals surface area contributed by atoms with Crippen molar-refractivity contribution in [3.8, 4) is 0 Å². The molecule has 5 nitrogen and oxygen atoms in total. The summed E-state index contributed by atoms with van der Waals surface area (Å²) >= 11 is 6.68. The number of halogens is 1. The van der Waals surface area contributed by atoms with Crippen molar-refractivity contribution in [2.75, 3.05) is 6.54 Å². The molecule has 1 saturated carbocycles. The topological polar surface area (TPSA) is 76.7 Å². The molecule has 0 bridgehead atoms. The van der Waals surface area contributed by atoms with E-state index in [9.17, 15) is 4.79 Å². The number of hydrogen-bond acceptors (Lipinski definition) is 5. The van der Waals surface area contributed by atoms with E-state index in [1.165, 1.54) is 4.88 Å². The first-order valence-electron chi connectivity index (χ1n) is 5.98. The van der Waals surface area contributed by atoms with Crippen molar-refractivity contribution in [3.63, 3.8) is 0 Å². The van der Waals surface area contributed by atoms with Crippen LogP contribution in [0.25, 0.3) is 0 Å². The van der Waals surface area contributed by atoms with Crippen LogP contribution in [0, 0.1) is 0 Å². The monoisotopic (exact) mass is 360 g/mol. The fraction of sp³-hybridized carbons (Fsp3) is 0.455. The van der Waals surface area contributed by atoms with Gasteiger partial charge in [-0.3, -0.25) is 4.57 Å². The van der Waals surface area contributed by atoms with Gasteiger partial charge in [0.1, 0.15) is 0 Å². The normalized spacial score (nSPS) is 16.7. The lowest BCUT2D eigenvalue weighted by Crippen LogP contribution is -2.17. The largest absolute Gasteiger partial charge is 0.344 e. The zero-order valence-electron chi connectivity index (χ0n) is 10.0. The standard InChI is InChI=1S/C11H13BrN4OS2/c12-9-4-3-7(18-9)8(5-13)19-11-15-14-10(17)16(11)6-1-2-6/h3-4,6,8H,1-2,5,13H2,(H,14,17). The van der Waals surface area contributed by atoms with Gasteiger partial charge in [-0.2, -0.15) is 0 Å². The molecule has 0 spiro atoms. The maximum Gasteiger partial charge on any atom is 0.344 e. The minimum absolute atomic E-state index is 0.117. The number of thiophene rings is 1. The molecule has 1 fully saturated rings. The molecule has 2 aromatic heterocycles. The summed E-state index contributed by atoms with van der Waals surface area (Å²) in [5.41, 5.74) is 5.74. The van der Waals surface area contributed by atoms with Gasteiger partial charge in [0.05, 0.1) is 9.04 Å². The highest BCUT2D eigenvalue weighted by atomic mass is 79.9. The van der Waals surface area contributed by atoms with E-state index in [1.807, 2.05) is 6.07 Å². The van der Waals surface area contributed by atoms with Crippen LogP contribution in [0.15, 0.2) is 25.9 Å². The summed E-state index contributed by atoms with van der Waals surface area (Å²) in [6.45, 7) is 0.517. The number of hydrogen-bond donors (Lipinski definition) is 2. The third-order valence-corrected chi connectivity index (χ3v) is 6.07. The molecule has 0 radical (unpaired) electrons. The van der Waals surface area contributed by atoms with Crippen molar-refractivity contribution >= 4 is 39.0 Å². The average molecular weight is 361 g/mol. The van der Waals surface area contributed by atoms with Crippen LogP contribution in [0.5, 0.6) is 0 Å². The van der Waals surface area contributed by atoms with Gasteiger partial charge >= 0.3 is 5.69 Å². The van der Waals surface area contributed by atoms with Gasteiger partial charge < -0.3 is 5.73 Å². The summed E-state index contributed by atoms with van der Waals surface area (Å²) in [6.07, 6.45) is 2.12. The second-order valence-electron chi connectivity index (χ2n) is 4.40. The summed E-state index contributed by atoms with van der Waals surface area (Å²) in [7, 11) is 0. The highest BCUT2D eigenvalue weighted by Crippen LogP contribution is 2.41. The maximum atomic E-state index is 11.7. The number of nitrogens with one attached hydrogen (secondary N) is 1. The van der Waals surface area contributed by atoms with Gasteiger partial charge in [-0.1, -0.05) is 11.8 Å². The molecule has 0 saturated heterocycles. The zero-order valence-corrected chi connectivity index (χ0v) is 13.2. The third kappa shape index (κ3) is 2.81. The van der Waals surface area contributed by atoms with Crippen molar-refractivity contribution in [2.24, 2.45) is 5.73 Å². The Kier molecular flexibility index (Phi) is 3.84. The molecule has 8 heteroatoms. The van der Waals surface area contributed by atoms with E-state index in [0.717, 1.165) is 21.8 Å². The third-order valence-electron chi connectivity index (χ3n) is 2.96. The quantitative estimate of drug-likeness (QED) is 0.803. The number of aromatic amines is 1. The van der Waals surface area contributed by atoms with E-state index in [0.29, 0.717) is 12.6 Å². The molecule has 1 aliphatic rings. The van der Waals surface area contributed by atoms with Gasteiger partial charge in [0, 0.05) is 17.5 Å². The molecule has 2 heterocycles. The fourth-order valence-electron chi connectivity index (χ4n) is 1.88. The number of H-pyrrole nitrogens is 1. The molecular weight excluding hydrogens is 348 g/mol. The first kappa shape index (κ1) is 13.4. The van der Waals surface area contributed by atoms with Gasteiger partial charge in [0.15, 0.2) is 5.16 Å². The fourth-order valence-corrected chi connectivity index (χ4v) is 4.57. The summed E-state index contributed by atoms with van der Waals surface area (Å²) in [5, 5.41) is 7.53. The number of nitrogens with two attached hydrogens (primary N) is 1. The van der Waals surface area contributed by atoms with Crippen molar-refractivity contribution in [2.45, 2.75) is 29.3 Å². The molecule has 3 N–H and O–H groups in total. The van der Waals surface area contributed by atoms with Crippen LogP contribution in [-0.2, 0) is 0 Å². The molecule has 3 rings (SSSR count). The molecule has 0 aromatic carbocycles. The first-order chi connectivity index (χ1) is 9.19. The van der Waals surface area contributed by atoms with Crippen LogP contribution in [0.2, 0.25) is 0 Å². The van der Waals surface area contributed by atoms with Crippen molar-refractivity contribution in [1.29, 1.82) is 0 Å². The lowest BCUT2D eigenvalue weighted by molar-refractivity contribution is 0.641. The predicted octanol–water partition coefficient (Wildman–Crippen LogP) is 2.52. The van der Waals surface area contributed by atoms with E-state index in [4.69, 9.17) is 5.73 Å². The minimum atomic E-state index is -0.117. The van der Waals surface area contributed by atoms with Crippen molar-refractivity contribution < 1.29 is 0 Å². The van der Waals surface area contributed by atoms with Crippen LogP contribution >= 0.6 is 39.0 Å². The SMILES string of the molecule is NCC(Sc1n[nH]c(=O)n1C1CC1)c1ccc(Br)s1. The van der Waals surface area contributed by atoms with Gasteiger partial charge in [-0.05, 0) is 40.9 Å². The van der Waals surface area contributed by atoms with Gasteiger partial charge in [0.25, 0.3) is 0 Å². The predicted molar refractivity (Wildman–Crippen MR) is 80.8 cm³/mol. The molecule has 102 valence electrons. The number of nitrogens with zero attached hydrogens (tertiary/aromatic N) is 2. The first-order valence-corrected chi connectivity index (χ1v) is 8.47. The molecule has 1 unspecified atom stereocenters. The van der Waals surface area contributed by atoms with Crippen LogP contribution < -0.4 is 11.4 Å². The Labute approximate surface area is 126 Å². The summed E-state index contributed by atoms with van der Waals surface area (Å²) in [4.78, 5) is 12.9. The number of aromatic nitrogens is 3. The Balaban J connectivity index is 1.85. The van der Waals surface area contributed by atoms with Gasteiger partial charge in [0.2, 0.25) is 0 Å². The number of rotatable bonds is 5. The van der Waals surface area contributed by atoms with E-state index in [2.05, 4.69) is 32.2 Å². The van der Waals surface area contributed by atoms with Gasteiger partial charge in [-0.15, -0.1) is 16.4 Å². The minimum Gasteiger partial charge on any atom is -0.329 e. The van der Waals surface area contributed by atoms with Crippen LogP contribution in [0.1, 0.15) is 29.0 Å². The Bertz CT molecular complexity index is 631. The second kappa shape index (κ2) is 5.43. The van der Waals surface area contributed by atoms with E-state index >= 15 is 0 Å². The molecule has 2 aromatic rings. The molecule has 19 heavy (non-hydrogen) atoms. The molecule has 0 aliphatic heterocycles.